The number of benzene rings is 3. The van der Waals surface area contributed by atoms with Crippen LogP contribution >= 0.6 is 23.2 Å². The molecule has 1 amide bonds. The average molecular weight is 492 g/mol. The van der Waals surface area contributed by atoms with E-state index in [9.17, 15) is 4.79 Å². The second-order valence-corrected chi connectivity index (χ2v) is 8.30. The van der Waals surface area contributed by atoms with Crippen LogP contribution in [0.4, 0.5) is 11.5 Å². The molecule has 0 aliphatic heterocycles. The largest absolute Gasteiger partial charge is 0.494 e. The molecule has 0 fully saturated rings. The van der Waals surface area contributed by atoms with Crippen molar-refractivity contribution in [2.45, 2.75) is 6.92 Å². The molecule has 170 valence electrons. The number of para-hydroxylation sites is 2. The number of nitrogen functional groups attached to an aromatic ring is 1. The molecule has 0 aliphatic rings. The van der Waals surface area contributed by atoms with E-state index < -0.39 is 5.91 Å². The highest BCUT2D eigenvalue weighted by atomic mass is 35.5. The van der Waals surface area contributed by atoms with Gasteiger partial charge in [0.2, 0.25) is 0 Å². The highest BCUT2D eigenvalue weighted by molar-refractivity contribution is 6.42. The van der Waals surface area contributed by atoms with E-state index in [1.54, 1.807) is 47.0 Å². The molecular weight excluding hydrogens is 473 g/mol. The zero-order chi connectivity index (χ0) is 23.8. The van der Waals surface area contributed by atoms with E-state index in [1.165, 1.54) is 0 Å². The minimum atomic E-state index is -0.407. The Kier molecular flexibility index (Phi) is 5.73. The highest BCUT2D eigenvalue weighted by Gasteiger charge is 2.25. The smallest absolute Gasteiger partial charge is 0.261 e. The maximum absolute atomic E-state index is 13.4. The van der Waals surface area contributed by atoms with Crippen LogP contribution in [0.25, 0.3) is 27.9 Å². The number of nitrogens with one attached hydrogen (secondary N) is 1. The minimum absolute atomic E-state index is 0.187. The number of hydrogen-bond acceptors (Lipinski definition) is 5. The first-order valence-corrected chi connectivity index (χ1v) is 11.3. The number of halogens is 2. The summed E-state index contributed by atoms with van der Waals surface area (Å²) in [6.45, 7) is 2.47. The van der Waals surface area contributed by atoms with Gasteiger partial charge in [-0.15, -0.1) is 0 Å². The minimum Gasteiger partial charge on any atom is -0.494 e. The molecule has 5 rings (SSSR count). The summed E-state index contributed by atoms with van der Waals surface area (Å²) in [6, 6.07) is 19.6. The van der Waals surface area contributed by atoms with E-state index in [0.29, 0.717) is 56.0 Å². The Hall–Kier alpha value is -3.81. The molecule has 0 unspecified atom stereocenters. The Balaban J connectivity index is 1.67. The maximum atomic E-state index is 13.4. The molecule has 34 heavy (non-hydrogen) atoms. The summed E-state index contributed by atoms with van der Waals surface area (Å²) in [4.78, 5) is 22.9. The van der Waals surface area contributed by atoms with Crippen LogP contribution in [-0.4, -0.2) is 27.0 Å². The number of hydrogen-bond donors (Lipinski definition) is 2. The second-order valence-electron chi connectivity index (χ2n) is 7.49. The van der Waals surface area contributed by atoms with Crippen LogP contribution in [0.3, 0.4) is 0 Å². The van der Waals surface area contributed by atoms with E-state index in [0.717, 1.165) is 0 Å². The Morgan fingerprint density at radius 1 is 1.00 bits per heavy atom. The van der Waals surface area contributed by atoms with Crippen molar-refractivity contribution in [3.05, 3.63) is 82.3 Å². The van der Waals surface area contributed by atoms with E-state index >= 15 is 0 Å². The van der Waals surface area contributed by atoms with Crippen LogP contribution in [0.1, 0.15) is 17.3 Å². The monoisotopic (exact) mass is 491 g/mol. The third kappa shape index (κ3) is 3.89. The standard InChI is InChI=1S/C25H19Cl2N5O2/c1-2-34-16-10-7-14(8-11-16)29-25(33)21-22-24(31-20-6-4-3-5-19(20)30-22)32(23(21)28)15-9-12-17(26)18(27)13-15/h3-13H,2,28H2,1H3,(H,29,33). The molecule has 3 aromatic carbocycles. The van der Waals surface area contributed by atoms with Crippen molar-refractivity contribution in [1.82, 2.24) is 14.5 Å². The van der Waals surface area contributed by atoms with Crippen LogP contribution in [0.2, 0.25) is 10.0 Å². The normalized spacial score (nSPS) is 11.1. The lowest BCUT2D eigenvalue weighted by Gasteiger charge is -2.09. The lowest BCUT2D eigenvalue weighted by molar-refractivity contribution is 0.102. The van der Waals surface area contributed by atoms with Crippen LogP contribution in [0, 0.1) is 0 Å². The fraction of sp³-hybridized carbons (Fsp3) is 0.0800. The SMILES string of the molecule is CCOc1ccc(NC(=O)c2c(N)n(-c3ccc(Cl)c(Cl)c3)c3nc4ccccc4nc23)cc1. The summed E-state index contributed by atoms with van der Waals surface area (Å²) >= 11 is 12.4. The summed E-state index contributed by atoms with van der Waals surface area (Å²) in [6.07, 6.45) is 0. The van der Waals surface area contributed by atoms with Gasteiger partial charge in [0.1, 0.15) is 22.6 Å². The number of carbonyl (C=O) groups excluding carboxylic acids is 1. The zero-order valence-electron chi connectivity index (χ0n) is 18.0. The van der Waals surface area contributed by atoms with Crippen molar-refractivity contribution < 1.29 is 9.53 Å². The zero-order valence-corrected chi connectivity index (χ0v) is 19.6. The molecular formula is C25H19Cl2N5O2. The van der Waals surface area contributed by atoms with Crippen molar-refractivity contribution in [3.63, 3.8) is 0 Å². The summed E-state index contributed by atoms with van der Waals surface area (Å²) in [5, 5.41) is 3.65. The van der Waals surface area contributed by atoms with Gasteiger partial charge in [-0.1, -0.05) is 35.3 Å². The Labute approximate surface area is 205 Å². The maximum Gasteiger partial charge on any atom is 0.261 e. The predicted molar refractivity (Wildman–Crippen MR) is 136 cm³/mol. The van der Waals surface area contributed by atoms with Gasteiger partial charge in [-0.3, -0.25) is 9.36 Å². The molecule has 0 atom stereocenters. The topological polar surface area (TPSA) is 95.1 Å². The molecule has 5 aromatic rings. The lowest BCUT2D eigenvalue weighted by Crippen LogP contribution is -2.14. The van der Waals surface area contributed by atoms with Gasteiger partial charge < -0.3 is 15.8 Å². The molecule has 2 aromatic heterocycles. The lowest BCUT2D eigenvalue weighted by atomic mass is 10.2. The third-order valence-electron chi connectivity index (χ3n) is 5.31. The number of aromatic nitrogens is 3. The van der Waals surface area contributed by atoms with E-state index in [2.05, 4.69) is 5.32 Å². The molecule has 7 nitrogen and oxygen atoms in total. The number of rotatable bonds is 5. The van der Waals surface area contributed by atoms with Crippen molar-refractivity contribution in [2.75, 3.05) is 17.7 Å². The molecule has 0 saturated carbocycles. The van der Waals surface area contributed by atoms with Crippen LogP contribution in [0.15, 0.2) is 66.7 Å². The Morgan fingerprint density at radius 2 is 1.71 bits per heavy atom. The van der Waals surface area contributed by atoms with Gasteiger partial charge in [0, 0.05) is 5.69 Å². The molecule has 0 aliphatic carbocycles. The van der Waals surface area contributed by atoms with E-state index in [4.69, 9.17) is 43.6 Å². The van der Waals surface area contributed by atoms with E-state index in [1.807, 2.05) is 31.2 Å². The average Bonchev–Trinajstić information content (AvgIpc) is 3.11. The van der Waals surface area contributed by atoms with Crippen molar-refractivity contribution in [1.29, 1.82) is 0 Å². The Bertz CT molecular complexity index is 1550. The molecule has 0 bridgehead atoms. The molecule has 2 heterocycles. The van der Waals surface area contributed by atoms with Crippen LogP contribution in [0.5, 0.6) is 5.75 Å². The first kappa shape index (κ1) is 22.0. The summed E-state index contributed by atoms with van der Waals surface area (Å²) in [5.74, 6) is 0.496. The number of carbonyl (C=O) groups is 1. The predicted octanol–water partition coefficient (Wildman–Crippen LogP) is 6.11. The fourth-order valence-corrected chi connectivity index (χ4v) is 4.06. The number of nitrogens with zero attached hydrogens (tertiary/aromatic N) is 3. The number of nitrogens with two attached hydrogens (primary N) is 1. The quantitative estimate of drug-likeness (QED) is 0.309. The van der Waals surface area contributed by atoms with E-state index in [-0.39, 0.29) is 11.4 Å². The summed E-state index contributed by atoms with van der Waals surface area (Å²) < 4.78 is 7.12. The van der Waals surface area contributed by atoms with Crippen molar-refractivity contribution in [2.24, 2.45) is 0 Å². The van der Waals surface area contributed by atoms with Gasteiger partial charge in [0.05, 0.1) is 33.4 Å². The van der Waals surface area contributed by atoms with Gasteiger partial charge in [-0.2, -0.15) is 0 Å². The number of anilines is 2. The Morgan fingerprint density at radius 3 is 2.38 bits per heavy atom. The van der Waals surface area contributed by atoms with Gasteiger partial charge in [-0.05, 0) is 61.5 Å². The number of amides is 1. The molecule has 0 saturated heterocycles. The first-order valence-electron chi connectivity index (χ1n) is 10.5. The second kappa shape index (κ2) is 8.85. The van der Waals surface area contributed by atoms with Crippen LogP contribution < -0.4 is 15.8 Å². The molecule has 0 spiro atoms. The van der Waals surface area contributed by atoms with Gasteiger partial charge >= 0.3 is 0 Å². The molecule has 0 radical (unpaired) electrons. The van der Waals surface area contributed by atoms with Gasteiger partial charge in [-0.25, -0.2) is 9.97 Å². The summed E-state index contributed by atoms with van der Waals surface area (Å²) in [7, 11) is 0. The molecule has 3 N–H and O–H groups in total. The molecule has 9 heteroatoms. The fourth-order valence-electron chi connectivity index (χ4n) is 3.77. The summed E-state index contributed by atoms with van der Waals surface area (Å²) in [5.41, 5.74) is 10.1. The van der Waals surface area contributed by atoms with Crippen LogP contribution in [-0.2, 0) is 0 Å². The third-order valence-corrected chi connectivity index (χ3v) is 6.05. The highest BCUT2D eigenvalue weighted by Crippen LogP contribution is 2.34. The number of ether oxygens (including phenoxy) is 1. The van der Waals surface area contributed by atoms with Crippen molar-refractivity contribution >= 4 is 62.8 Å². The first-order chi connectivity index (χ1) is 16.5. The van der Waals surface area contributed by atoms with Crippen molar-refractivity contribution in [3.8, 4) is 11.4 Å². The number of fused-ring (bicyclic) bond motifs is 2. The van der Waals surface area contributed by atoms with Gasteiger partial charge in [0.15, 0.2) is 5.65 Å². The van der Waals surface area contributed by atoms with Gasteiger partial charge in [0.25, 0.3) is 5.91 Å².